The van der Waals surface area contributed by atoms with Crippen LogP contribution in [0.1, 0.15) is 17.3 Å². The summed E-state index contributed by atoms with van der Waals surface area (Å²) in [6, 6.07) is 7.60. The summed E-state index contributed by atoms with van der Waals surface area (Å²) >= 11 is 1.54. The summed E-state index contributed by atoms with van der Waals surface area (Å²) in [7, 11) is 0. The number of nitrogens with one attached hydrogen (secondary N) is 2. The monoisotopic (exact) mass is 369 g/mol. The van der Waals surface area contributed by atoms with Gasteiger partial charge < -0.3 is 22.1 Å². The number of hydrogen-bond donors (Lipinski definition) is 4. The van der Waals surface area contributed by atoms with E-state index in [9.17, 15) is 4.79 Å². The largest absolute Gasteiger partial charge is 0.365 e. The van der Waals surface area contributed by atoms with E-state index in [1.807, 2.05) is 36.6 Å². The van der Waals surface area contributed by atoms with Gasteiger partial charge in [0.1, 0.15) is 11.4 Å². The summed E-state index contributed by atoms with van der Waals surface area (Å²) in [5, 5.41) is 8.11. The fourth-order valence-corrected chi connectivity index (χ4v) is 2.77. The predicted octanol–water partition coefficient (Wildman–Crippen LogP) is 2.20. The van der Waals surface area contributed by atoms with Gasteiger partial charge in [-0.3, -0.25) is 4.79 Å². The first kappa shape index (κ1) is 17.8. The normalized spacial score (nSPS) is 11.8. The third-order valence-electron chi connectivity index (χ3n) is 3.51. The highest BCUT2D eigenvalue weighted by Gasteiger charge is 2.13. The first-order chi connectivity index (χ1) is 12.5. The number of carbonyl (C=O) groups is 1. The number of nitrogens with zero attached hydrogens (tertiary/aromatic N) is 3. The van der Waals surface area contributed by atoms with Gasteiger partial charge in [-0.15, -0.1) is 11.3 Å². The standard InChI is InChI=1S/C17H19N7OS/c1-10(18)6-20-17-21-7-13(15(19)25)16(24-17)23-12-4-2-11(3-5-12)14-8-26-9-22-14/h2-5,7-10H,6,18H2,1H3,(H2,19,25)(H2,20,21,23,24). The molecule has 1 unspecified atom stereocenters. The second-order valence-corrected chi connectivity index (χ2v) is 6.47. The number of nitrogens with two attached hydrogens (primary N) is 2. The van der Waals surface area contributed by atoms with Gasteiger partial charge in [-0.05, 0) is 19.1 Å². The minimum Gasteiger partial charge on any atom is -0.365 e. The van der Waals surface area contributed by atoms with Gasteiger partial charge in [-0.1, -0.05) is 12.1 Å². The Morgan fingerprint density at radius 2 is 2.04 bits per heavy atom. The maximum absolute atomic E-state index is 11.7. The Kier molecular flexibility index (Phi) is 5.40. The molecule has 3 rings (SSSR count). The smallest absolute Gasteiger partial charge is 0.254 e. The van der Waals surface area contributed by atoms with E-state index in [-0.39, 0.29) is 11.6 Å². The molecule has 0 spiro atoms. The molecular weight excluding hydrogens is 350 g/mol. The van der Waals surface area contributed by atoms with E-state index in [4.69, 9.17) is 11.5 Å². The second kappa shape index (κ2) is 7.89. The molecule has 0 radical (unpaired) electrons. The molecular formula is C17H19N7OS. The molecule has 2 aromatic heterocycles. The van der Waals surface area contributed by atoms with E-state index in [2.05, 4.69) is 25.6 Å². The van der Waals surface area contributed by atoms with Gasteiger partial charge >= 0.3 is 0 Å². The minimum absolute atomic E-state index is 0.0518. The predicted molar refractivity (Wildman–Crippen MR) is 104 cm³/mol. The molecule has 8 nitrogen and oxygen atoms in total. The molecule has 0 saturated carbocycles. The molecule has 0 aliphatic rings. The van der Waals surface area contributed by atoms with Crippen LogP contribution in [0.25, 0.3) is 11.3 Å². The van der Waals surface area contributed by atoms with Crippen LogP contribution in [0.5, 0.6) is 0 Å². The topological polar surface area (TPSA) is 132 Å². The van der Waals surface area contributed by atoms with Crippen molar-refractivity contribution in [2.24, 2.45) is 11.5 Å². The van der Waals surface area contributed by atoms with Crippen LogP contribution in [0.3, 0.4) is 0 Å². The van der Waals surface area contributed by atoms with Crippen molar-refractivity contribution in [2.75, 3.05) is 17.2 Å². The number of primary amides is 1. The van der Waals surface area contributed by atoms with Crippen LogP contribution in [0.2, 0.25) is 0 Å². The highest BCUT2D eigenvalue weighted by molar-refractivity contribution is 7.07. The molecule has 26 heavy (non-hydrogen) atoms. The third-order valence-corrected chi connectivity index (χ3v) is 4.10. The van der Waals surface area contributed by atoms with Crippen molar-refractivity contribution >= 4 is 34.7 Å². The van der Waals surface area contributed by atoms with Gasteiger partial charge in [0.05, 0.1) is 11.2 Å². The van der Waals surface area contributed by atoms with Crippen molar-refractivity contribution in [3.8, 4) is 11.3 Å². The number of anilines is 3. The fourth-order valence-electron chi connectivity index (χ4n) is 2.21. The molecule has 2 heterocycles. The van der Waals surface area contributed by atoms with Gasteiger partial charge in [-0.2, -0.15) is 4.98 Å². The van der Waals surface area contributed by atoms with Gasteiger partial charge in [-0.25, -0.2) is 9.97 Å². The maximum Gasteiger partial charge on any atom is 0.254 e. The first-order valence-corrected chi connectivity index (χ1v) is 8.89. The molecule has 0 bridgehead atoms. The first-order valence-electron chi connectivity index (χ1n) is 7.95. The lowest BCUT2D eigenvalue weighted by molar-refractivity contribution is 0.100. The van der Waals surface area contributed by atoms with E-state index in [0.717, 1.165) is 16.9 Å². The zero-order valence-corrected chi connectivity index (χ0v) is 15.0. The number of thiazole rings is 1. The molecule has 0 aliphatic heterocycles. The lowest BCUT2D eigenvalue weighted by Gasteiger charge is -2.12. The molecule has 6 N–H and O–H groups in total. The SMILES string of the molecule is CC(N)CNc1ncc(C(N)=O)c(Nc2ccc(-c3cscn3)cc2)n1. The summed E-state index contributed by atoms with van der Waals surface area (Å²) in [5.41, 5.74) is 15.8. The summed E-state index contributed by atoms with van der Waals surface area (Å²) in [6.45, 7) is 2.38. The Labute approximate surface area is 154 Å². The van der Waals surface area contributed by atoms with Crippen LogP contribution in [0.15, 0.2) is 41.4 Å². The van der Waals surface area contributed by atoms with Gasteiger partial charge in [0.25, 0.3) is 5.91 Å². The zero-order valence-electron chi connectivity index (χ0n) is 14.1. The zero-order chi connectivity index (χ0) is 18.5. The Morgan fingerprint density at radius 3 is 2.65 bits per heavy atom. The van der Waals surface area contributed by atoms with E-state index < -0.39 is 5.91 Å². The number of rotatable bonds is 7. The number of benzene rings is 1. The van der Waals surface area contributed by atoms with Crippen LogP contribution in [0, 0.1) is 0 Å². The Bertz CT molecular complexity index is 879. The summed E-state index contributed by atoms with van der Waals surface area (Å²) in [6.07, 6.45) is 1.39. The summed E-state index contributed by atoms with van der Waals surface area (Å²) in [5.74, 6) is 0.0975. The highest BCUT2D eigenvalue weighted by Crippen LogP contribution is 2.24. The number of carbonyl (C=O) groups excluding carboxylic acids is 1. The second-order valence-electron chi connectivity index (χ2n) is 5.75. The number of amides is 1. The summed E-state index contributed by atoms with van der Waals surface area (Å²) in [4.78, 5) is 24.4. The number of aromatic nitrogens is 3. The fraction of sp³-hybridized carbons (Fsp3) is 0.176. The minimum atomic E-state index is -0.606. The molecule has 3 aromatic rings. The van der Waals surface area contributed by atoms with E-state index >= 15 is 0 Å². The number of hydrogen-bond acceptors (Lipinski definition) is 8. The molecule has 1 atom stereocenters. The molecule has 1 aromatic carbocycles. The molecule has 0 aliphatic carbocycles. The maximum atomic E-state index is 11.7. The molecule has 0 fully saturated rings. The van der Waals surface area contributed by atoms with Crippen molar-refractivity contribution in [1.82, 2.24) is 15.0 Å². The lowest BCUT2D eigenvalue weighted by Crippen LogP contribution is -2.26. The van der Waals surface area contributed by atoms with Crippen molar-refractivity contribution in [3.63, 3.8) is 0 Å². The van der Waals surface area contributed by atoms with Crippen molar-refractivity contribution < 1.29 is 4.79 Å². The quantitative estimate of drug-likeness (QED) is 0.502. The Hall–Kier alpha value is -3.04. The molecule has 9 heteroatoms. The Balaban J connectivity index is 1.82. The van der Waals surface area contributed by atoms with Crippen molar-refractivity contribution in [3.05, 3.63) is 46.9 Å². The average Bonchev–Trinajstić information content (AvgIpc) is 3.15. The van der Waals surface area contributed by atoms with Gasteiger partial charge in [0.2, 0.25) is 5.95 Å². The van der Waals surface area contributed by atoms with Crippen LogP contribution in [0.4, 0.5) is 17.5 Å². The molecule has 0 saturated heterocycles. The van der Waals surface area contributed by atoms with E-state index in [1.54, 1.807) is 16.8 Å². The average molecular weight is 369 g/mol. The highest BCUT2D eigenvalue weighted by atomic mass is 32.1. The summed E-state index contributed by atoms with van der Waals surface area (Å²) < 4.78 is 0. The van der Waals surface area contributed by atoms with Crippen LogP contribution < -0.4 is 22.1 Å². The Morgan fingerprint density at radius 1 is 1.27 bits per heavy atom. The van der Waals surface area contributed by atoms with Crippen LogP contribution >= 0.6 is 11.3 Å². The van der Waals surface area contributed by atoms with E-state index in [0.29, 0.717) is 18.3 Å². The molecule has 134 valence electrons. The lowest BCUT2D eigenvalue weighted by atomic mass is 10.1. The van der Waals surface area contributed by atoms with Crippen molar-refractivity contribution in [2.45, 2.75) is 13.0 Å². The van der Waals surface area contributed by atoms with Gasteiger partial charge in [0, 0.05) is 35.4 Å². The van der Waals surface area contributed by atoms with Crippen LogP contribution in [-0.4, -0.2) is 33.4 Å². The third kappa shape index (κ3) is 4.32. The molecule has 1 amide bonds. The van der Waals surface area contributed by atoms with E-state index in [1.165, 1.54) is 6.20 Å². The van der Waals surface area contributed by atoms with Crippen molar-refractivity contribution in [1.29, 1.82) is 0 Å². The van der Waals surface area contributed by atoms with Crippen LogP contribution in [-0.2, 0) is 0 Å². The van der Waals surface area contributed by atoms with Gasteiger partial charge in [0.15, 0.2) is 0 Å².